The zero-order valence-corrected chi connectivity index (χ0v) is 13.5. The van der Waals surface area contributed by atoms with Gasteiger partial charge in [-0.15, -0.1) is 0 Å². The SMILES string of the molecule is S=C(NCCN1CCOCC1)N[C@H]1CCOc2ccccc21. The molecule has 1 atom stereocenters. The minimum Gasteiger partial charge on any atom is -0.493 e. The van der Waals surface area contributed by atoms with Crippen LogP contribution in [0.25, 0.3) is 0 Å². The van der Waals surface area contributed by atoms with Gasteiger partial charge in [-0.25, -0.2) is 0 Å². The number of thiocarbonyl (C=S) groups is 1. The van der Waals surface area contributed by atoms with E-state index in [0.29, 0.717) is 0 Å². The van der Waals surface area contributed by atoms with E-state index in [1.54, 1.807) is 0 Å². The Morgan fingerprint density at radius 1 is 1.23 bits per heavy atom. The fourth-order valence-corrected chi connectivity index (χ4v) is 3.10. The standard InChI is InChI=1S/C16H23N3O2S/c22-16(17-6-7-19-8-11-20-12-9-19)18-14-5-10-21-15-4-2-1-3-13(14)15/h1-4,14H,5-12H2,(H2,17,18,22)/t14-/m0/s1. The molecule has 2 heterocycles. The van der Waals surface area contributed by atoms with E-state index in [0.717, 1.165) is 63.3 Å². The molecule has 0 bridgehead atoms. The summed E-state index contributed by atoms with van der Waals surface area (Å²) >= 11 is 5.42. The summed E-state index contributed by atoms with van der Waals surface area (Å²) in [5.41, 5.74) is 1.19. The molecule has 0 saturated carbocycles. The third-order valence-corrected chi connectivity index (χ3v) is 4.34. The van der Waals surface area contributed by atoms with Gasteiger partial charge in [-0.1, -0.05) is 18.2 Å². The van der Waals surface area contributed by atoms with Gasteiger partial charge in [-0.3, -0.25) is 4.90 Å². The van der Waals surface area contributed by atoms with Gasteiger partial charge >= 0.3 is 0 Å². The number of rotatable bonds is 4. The lowest BCUT2D eigenvalue weighted by Gasteiger charge is -2.29. The molecule has 2 N–H and O–H groups in total. The number of hydrogen-bond donors (Lipinski definition) is 2. The van der Waals surface area contributed by atoms with Crippen molar-refractivity contribution in [2.75, 3.05) is 46.0 Å². The molecular formula is C16H23N3O2S. The lowest BCUT2D eigenvalue weighted by Crippen LogP contribution is -2.44. The van der Waals surface area contributed by atoms with Gasteiger partial charge < -0.3 is 20.1 Å². The first-order valence-corrected chi connectivity index (χ1v) is 8.30. The number of nitrogens with zero attached hydrogens (tertiary/aromatic N) is 1. The number of fused-ring (bicyclic) bond motifs is 1. The second-order valence-corrected chi connectivity index (χ2v) is 5.99. The van der Waals surface area contributed by atoms with Crippen molar-refractivity contribution in [3.63, 3.8) is 0 Å². The summed E-state index contributed by atoms with van der Waals surface area (Å²) in [6.45, 7) is 6.27. The summed E-state index contributed by atoms with van der Waals surface area (Å²) < 4.78 is 11.0. The highest BCUT2D eigenvalue weighted by Gasteiger charge is 2.21. The van der Waals surface area contributed by atoms with Crippen LogP contribution in [0.15, 0.2) is 24.3 Å². The molecule has 0 aromatic heterocycles. The molecule has 22 heavy (non-hydrogen) atoms. The Bertz CT molecular complexity index is 506. The van der Waals surface area contributed by atoms with Crippen LogP contribution in [0.2, 0.25) is 0 Å². The second kappa shape index (κ2) is 7.76. The molecule has 0 amide bonds. The van der Waals surface area contributed by atoms with Gasteiger partial charge in [0.1, 0.15) is 5.75 Å². The van der Waals surface area contributed by atoms with E-state index in [4.69, 9.17) is 21.7 Å². The molecule has 0 aliphatic carbocycles. The molecule has 0 unspecified atom stereocenters. The van der Waals surface area contributed by atoms with E-state index < -0.39 is 0 Å². The van der Waals surface area contributed by atoms with Crippen LogP contribution >= 0.6 is 12.2 Å². The number of morpholine rings is 1. The van der Waals surface area contributed by atoms with Gasteiger partial charge in [0.2, 0.25) is 0 Å². The molecule has 5 nitrogen and oxygen atoms in total. The average Bonchev–Trinajstić information content (AvgIpc) is 2.56. The normalized spacial score (nSPS) is 21.5. The highest BCUT2D eigenvalue weighted by molar-refractivity contribution is 7.80. The number of ether oxygens (including phenoxy) is 2. The molecule has 2 aliphatic rings. The van der Waals surface area contributed by atoms with Crippen LogP contribution in [0.4, 0.5) is 0 Å². The maximum absolute atomic E-state index is 5.67. The molecule has 1 fully saturated rings. The maximum Gasteiger partial charge on any atom is 0.166 e. The van der Waals surface area contributed by atoms with Gasteiger partial charge in [-0.05, 0) is 18.3 Å². The van der Waals surface area contributed by atoms with Gasteiger partial charge in [-0.2, -0.15) is 0 Å². The Kier molecular flexibility index (Phi) is 5.48. The summed E-state index contributed by atoms with van der Waals surface area (Å²) in [5.74, 6) is 0.961. The lowest BCUT2D eigenvalue weighted by atomic mass is 10.0. The van der Waals surface area contributed by atoms with E-state index in [-0.39, 0.29) is 6.04 Å². The first-order chi connectivity index (χ1) is 10.8. The number of para-hydroxylation sites is 1. The quantitative estimate of drug-likeness (QED) is 0.816. The van der Waals surface area contributed by atoms with Crippen molar-refractivity contribution < 1.29 is 9.47 Å². The summed E-state index contributed by atoms with van der Waals surface area (Å²) in [4.78, 5) is 2.39. The predicted molar refractivity (Wildman–Crippen MR) is 90.3 cm³/mol. The molecule has 1 aromatic carbocycles. The Morgan fingerprint density at radius 3 is 2.91 bits per heavy atom. The van der Waals surface area contributed by atoms with Crippen molar-refractivity contribution in [1.82, 2.24) is 15.5 Å². The first-order valence-electron chi connectivity index (χ1n) is 7.89. The Labute approximate surface area is 137 Å². The van der Waals surface area contributed by atoms with Crippen molar-refractivity contribution in [3.05, 3.63) is 29.8 Å². The second-order valence-electron chi connectivity index (χ2n) is 5.58. The molecule has 6 heteroatoms. The minimum atomic E-state index is 0.230. The molecule has 1 aromatic rings. The summed E-state index contributed by atoms with van der Waals surface area (Å²) in [7, 11) is 0. The fraction of sp³-hybridized carbons (Fsp3) is 0.562. The number of nitrogens with one attached hydrogen (secondary N) is 2. The Morgan fingerprint density at radius 2 is 2.05 bits per heavy atom. The van der Waals surface area contributed by atoms with Crippen LogP contribution in [0, 0.1) is 0 Å². The zero-order valence-electron chi connectivity index (χ0n) is 12.7. The highest BCUT2D eigenvalue weighted by Crippen LogP contribution is 2.31. The smallest absolute Gasteiger partial charge is 0.166 e. The highest BCUT2D eigenvalue weighted by atomic mass is 32.1. The molecule has 3 rings (SSSR count). The van der Waals surface area contributed by atoms with Crippen LogP contribution in [0.1, 0.15) is 18.0 Å². The van der Waals surface area contributed by atoms with Gasteiger partial charge in [0.15, 0.2) is 5.11 Å². The first kappa shape index (κ1) is 15.5. The minimum absolute atomic E-state index is 0.230. The van der Waals surface area contributed by atoms with Gasteiger partial charge in [0, 0.05) is 38.2 Å². The molecule has 120 valence electrons. The average molecular weight is 321 g/mol. The van der Waals surface area contributed by atoms with Crippen LogP contribution in [-0.4, -0.2) is 56.0 Å². The van der Waals surface area contributed by atoms with Gasteiger partial charge in [0.05, 0.1) is 25.9 Å². The molecule has 1 saturated heterocycles. The lowest BCUT2D eigenvalue weighted by molar-refractivity contribution is 0.0389. The molecule has 0 radical (unpaired) electrons. The van der Waals surface area contributed by atoms with E-state index in [9.17, 15) is 0 Å². The predicted octanol–water partition coefficient (Wildman–Crippen LogP) is 1.31. The van der Waals surface area contributed by atoms with E-state index in [1.165, 1.54) is 5.56 Å². The van der Waals surface area contributed by atoms with Crippen molar-refractivity contribution >= 4 is 17.3 Å². The molecule has 0 spiro atoms. The summed E-state index contributed by atoms with van der Waals surface area (Å²) in [6.07, 6.45) is 0.933. The Balaban J connectivity index is 1.44. The van der Waals surface area contributed by atoms with Crippen molar-refractivity contribution in [1.29, 1.82) is 0 Å². The molecule has 2 aliphatic heterocycles. The number of benzene rings is 1. The van der Waals surface area contributed by atoms with E-state index >= 15 is 0 Å². The summed E-state index contributed by atoms with van der Waals surface area (Å²) in [6, 6.07) is 8.38. The van der Waals surface area contributed by atoms with Crippen LogP contribution < -0.4 is 15.4 Å². The van der Waals surface area contributed by atoms with Crippen molar-refractivity contribution in [2.45, 2.75) is 12.5 Å². The van der Waals surface area contributed by atoms with Crippen LogP contribution in [0.5, 0.6) is 5.75 Å². The van der Waals surface area contributed by atoms with Crippen LogP contribution in [-0.2, 0) is 4.74 Å². The van der Waals surface area contributed by atoms with Crippen LogP contribution in [0.3, 0.4) is 0 Å². The largest absolute Gasteiger partial charge is 0.493 e. The zero-order chi connectivity index (χ0) is 15.2. The molecular weight excluding hydrogens is 298 g/mol. The van der Waals surface area contributed by atoms with E-state index in [1.807, 2.05) is 18.2 Å². The van der Waals surface area contributed by atoms with Gasteiger partial charge in [0.25, 0.3) is 0 Å². The monoisotopic (exact) mass is 321 g/mol. The summed E-state index contributed by atoms with van der Waals surface area (Å²) in [5, 5.41) is 7.43. The van der Waals surface area contributed by atoms with E-state index in [2.05, 4.69) is 21.6 Å². The van der Waals surface area contributed by atoms with Crippen molar-refractivity contribution in [2.24, 2.45) is 0 Å². The third kappa shape index (κ3) is 4.09. The maximum atomic E-state index is 5.67. The number of hydrogen-bond acceptors (Lipinski definition) is 4. The topological polar surface area (TPSA) is 45.8 Å². The fourth-order valence-electron chi connectivity index (χ4n) is 2.85. The third-order valence-electron chi connectivity index (χ3n) is 4.08. The van der Waals surface area contributed by atoms with Crippen molar-refractivity contribution in [3.8, 4) is 5.75 Å². The Hall–Kier alpha value is -1.37.